The lowest BCUT2D eigenvalue weighted by Gasteiger charge is -2.47. The number of nitrogens with zero attached hydrogens (tertiary/aromatic N) is 2. The van der Waals surface area contributed by atoms with E-state index in [-0.39, 0.29) is 23.2 Å². The molecule has 5 heteroatoms. The predicted octanol–water partition coefficient (Wildman–Crippen LogP) is 5.02. The summed E-state index contributed by atoms with van der Waals surface area (Å²) >= 11 is 1.000. The van der Waals surface area contributed by atoms with Crippen LogP contribution in [0.1, 0.15) is 51.2 Å². The minimum Gasteiger partial charge on any atom is -0.366 e. The van der Waals surface area contributed by atoms with Gasteiger partial charge in [-0.05, 0) is 74.2 Å². The van der Waals surface area contributed by atoms with Crippen LogP contribution in [0.3, 0.4) is 0 Å². The molecule has 2 amide bonds. The highest BCUT2D eigenvalue weighted by Crippen LogP contribution is 2.44. The van der Waals surface area contributed by atoms with E-state index in [1.807, 2.05) is 12.1 Å². The van der Waals surface area contributed by atoms with Gasteiger partial charge in [0.15, 0.2) is 0 Å². The second-order valence-corrected chi connectivity index (χ2v) is 8.55. The maximum absolute atomic E-state index is 12.4. The number of hydrogen-bond donors (Lipinski definition) is 0. The maximum Gasteiger partial charge on any atom is 0.293 e. The lowest BCUT2D eigenvalue weighted by molar-refractivity contribution is -0.122. The molecule has 1 aromatic rings. The Balaban J connectivity index is 1.95. The van der Waals surface area contributed by atoms with E-state index in [0.717, 1.165) is 30.3 Å². The zero-order valence-corrected chi connectivity index (χ0v) is 16.7. The maximum atomic E-state index is 12.4. The molecule has 0 N–H and O–H groups in total. The summed E-state index contributed by atoms with van der Waals surface area (Å²) in [6.45, 7) is 13.9. The van der Waals surface area contributed by atoms with Gasteiger partial charge < -0.3 is 4.90 Å². The number of fused-ring (bicyclic) bond motifs is 1. The molecule has 4 nitrogen and oxygen atoms in total. The molecule has 1 saturated heterocycles. The van der Waals surface area contributed by atoms with Crippen LogP contribution in [-0.4, -0.2) is 34.7 Å². The highest BCUT2D eigenvalue weighted by Gasteiger charge is 2.36. The monoisotopic (exact) mass is 370 g/mol. The van der Waals surface area contributed by atoms with E-state index in [4.69, 9.17) is 0 Å². The molecule has 138 valence electrons. The standard InChI is InChI=1S/C21H26N2O2S/c1-6-10-22-19(24)18(26-20(22)25)12-15-8-9-17-16(11-15)14(3)13-21(4,5)23(17)7-2/h6,8-9,11-12,14H,1,7,10,13H2,2-5H3/b18-12-. The van der Waals surface area contributed by atoms with Crippen LogP contribution in [0.5, 0.6) is 0 Å². The molecule has 1 fully saturated rings. The molecular formula is C21H26N2O2S. The fourth-order valence-electron chi connectivity index (χ4n) is 4.14. The first-order chi connectivity index (χ1) is 12.3. The van der Waals surface area contributed by atoms with E-state index in [9.17, 15) is 9.59 Å². The van der Waals surface area contributed by atoms with E-state index >= 15 is 0 Å². The van der Waals surface area contributed by atoms with Gasteiger partial charge >= 0.3 is 0 Å². The van der Waals surface area contributed by atoms with Gasteiger partial charge in [0.25, 0.3) is 11.1 Å². The molecule has 0 bridgehead atoms. The number of benzene rings is 1. The van der Waals surface area contributed by atoms with E-state index in [0.29, 0.717) is 10.8 Å². The zero-order chi connectivity index (χ0) is 19.1. The van der Waals surface area contributed by atoms with Gasteiger partial charge in [0, 0.05) is 24.3 Å². The van der Waals surface area contributed by atoms with Crippen molar-refractivity contribution in [2.24, 2.45) is 0 Å². The Morgan fingerprint density at radius 2 is 2.08 bits per heavy atom. The van der Waals surface area contributed by atoms with Crippen molar-refractivity contribution in [2.45, 2.75) is 45.6 Å². The molecule has 26 heavy (non-hydrogen) atoms. The zero-order valence-electron chi connectivity index (χ0n) is 15.9. The molecule has 2 heterocycles. The lowest BCUT2D eigenvalue weighted by Crippen LogP contribution is -2.48. The highest BCUT2D eigenvalue weighted by atomic mass is 32.2. The molecule has 2 aliphatic rings. The number of thioether (sulfide) groups is 1. The van der Waals surface area contributed by atoms with Crippen LogP contribution in [0.2, 0.25) is 0 Å². The van der Waals surface area contributed by atoms with Crippen molar-refractivity contribution >= 4 is 34.7 Å². The Morgan fingerprint density at radius 3 is 2.73 bits per heavy atom. The van der Waals surface area contributed by atoms with Crippen LogP contribution >= 0.6 is 11.8 Å². The SMILES string of the molecule is C=CCN1C(=O)S/C(=C\c2ccc3c(c2)C(C)CC(C)(C)N3CC)C1=O. The number of hydrogen-bond acceptors (Lipinski definition) is 4. The Kier molecular flexibility index (Phi) is 5.02. The summed E-state index contributed by atoms with van der Waals surface area (Å²) in [6.07, 6.45) is 4.49. The van der Waals surface area contributed by atoms with Crippen LogP contribution in [0.4, 0.5) is 10.5 Å². The van der Waals surface area contributed by atoms with Gasteiger partial charge in [-0.25, -0.2) is 0 Å². The molecule has 1 aromatic carbocycles. The van der Waals surface area contributed by atoms with E-state index in [1.165, 1.54) is 16.2 Å². The first-order valence-electron chi connectivity index (χ1n) is 9.06. The third-order valence-corrected chi connectivity index (χ3v) is 6.12. The summed E-state index contributed by atoms with van der Waals surface area (Å²) in [6, 6.07) is 6.35. The molecule has 0 aromatic heterocycles. The summed E-state index contributed by atoms with van der Waals surface area (Å²) < 4.78 is 0. The van der Waals surface area contributed by atoms with Crippen LogP contribution < -0.4 is 4.90 Å². The lowest BCUT2D eigenvalue weighted by atomic mass is 9.79. The van der Waals surface area contributed by atoms with Gasteiger partial charge in [-0.15, -0.1) is 6.58 Å². The predicted molar refractivity (Wildman–Crippen MR) is 109 cm³/mol. The largest absolute Gasteiger partial charge is 0.366 e. The fraction of sp³-hybridized carbons (Fsp3) is 0.429. The Morgan fingerprint density at radius 1 is 1.35 bits per heavy atom. The normalized spacial score (nSPS) is 23.5. The Bertz CT molecular complexity index is 797. The minimum atomic E-state index is -0.234. The van der Waals surface area contributed by atoms with Gasteiger partial charge in [-0.3, -0.25) is 14.5 Å². The van der Waals surface area contributed by atoms with Crippen LogP contribution in [0.15, 0.2) is 35.8 Å². The number of rotatable bonds is 4. The number of anilines is 1. The first kappa shape index (κ1) is 18.8. The van der Waals surface area contributed by atoms with Crippen molar-refractivity contribution < 1.29 is 9.59 Å². The van der Waals surface area contributed by atoms with Crippen molar-refractivity contribution in [3.8, 4) is 0 Å². The van der Waals surface area contributed by atoms with Crippen LogP contribution in [0.25, 0.3) is 6.08 Å². The third kappa shape index (κ3) is 3.20. The summed E-state index contributed by atoms with van der Waals surface area (Å²) in [5.41, 5.74) is 3.68. The quantitative estimate of drug-likeness (QED) is 0.551. The van der Waals surface area contributed by atoms with Gasteiger partial charge in [-0.2, -0.15) is 0 Å². The van der Waals surface area contributed by atoms with E-state index in [1.54, 1.807) is 6.08 Å². The van der Waals surface area contributed by atoms with Crippen LogP contribution in [-0.2, 0) is 4.79 Å². The number of imide groups is 1. The van der Waals surface area contributed by atoms with Crippen molar-refractivity contribution in [3.63, 3.8) is 0 Å². The summed E-state index contributed by atoms with van der Waals surface area (Å²) in [5.74, 6) is 0.217. The van der Waals surface area contributed by atoms with Crippen molar-refractivity contribution in [1.29, 1.82) is 0 Å². The summed E-state index contributed by atoms with van der Waals surface area (Å²) in [5, 5.41) is -0.230. The van der Waals surface area contributed by atoms with Crippen molar-refractivity contribution in [3.05, 3.63) is 46.9 Å². The first-order valence-corrected chi connectivity index (χ1v) is 9.88. The Hall–Kier alpha value is -2.01. The Labute approximate surface area is 159 Å². The molecule has 3 rings (SSSR count). The molecule has 1 unspecified atom stereocenters. The average Bonchev–Trinajstić information content (AvgIpc) is 2.83. The second-order valence-electron chi connectivity index (χ2n) is 7.56. The van der Waals surface area contributed by atoms with Crippen molar-refractivity contribution in [2.75, 3.05) is 18.0 Å². The smallest absolute Gasteiger partial charge is 0.293 e. The van der Waals surface area contributed by atoms with Crippen LogP contribution in [0, 0.1) is 0 Å². The van der Waals surface area contributed by atoms with Gasteiger partial charge in [0.05, 0.1) is 4.91 Å². The summed E-state index contributed by atoms with van der Waals surface area (Å²) in [7, 11) is 0. The minimum absolute atomic E-state index is 0.135. The number of amides is 2. The molecule has 0 aliphatic carbocycles. The van der Waals surface area contributed by atoms with Gasteiger partial charge in [0.2, 0.25) is 0 Å². The molecular weight excluding hydrogens is 344 g/mol. The molecule has 0 saturated carbocycles. The summed E-state index contributed by atoms with van der Waals surface area (Å²) in [4.78, 5) is 28.5. The highest BCUT2D eigenvalue weighted by molar-refractivity contribution is 8.18. The molecule has 2 aliphatic heterocycles. The molecule has 0 spiro atoms. The van der Waals surface area contributed by atoms with E-state index < -0.39 is 0 Å². The molecule has 0 radical (unpaired) electrons. The second kappa shape index (κ2) is 6.95. The van der Waals surface area contributed by atoms with Crippen molar-refractivity contribution in [1.82, 2.24) is 4.90 Å². The van der Waals surface area contributed by atoms with Gasteiger partial charge in [0.1, 0.15) is 0 Å². The number of carbonyl (C=O) groups is 2. The average molecular weight is 371 g/mol. The molecule has 1 atom stereocenters. The third-order valence-electron chi connectivity index (χ3n) is 5.21. The van der Waals surface area contributed by atoms with E-state index in [2.05, 4.69) is 51.3 Å². The van der Waals surface area contributed by atoms with Gasteiger partial charge in [-0.1, -0.05) is 19.1 Å². The fourth-order valence-corrected chi connectivity index (χ4v) is 4.98. The number of carbonyl (C=O) groups excluding carboxylic acids is 2. The topological polar surface area (TPSA) is 40.6 Å².